The lowest BCUT2D eigenvalue weighted by atomic mass is 10.0. The number of benzene rings is 2. The summed E-state index contributed by atoms with van der Waals surface area (Å²) in [6, 6.07) is 14.1. The third kappa shape index (κ3) is 2.72. The molecule has 4 rings (SSSR count). The number of hydrogen-bond donors (Lipinski definition) is 3. The number of hydrogen-bond acceptors (Lipinski definition) is 5. The van der Waals surface area contributed by atoms with Crippen LogP contribution in [-0.4, -0.2) is 43.5 Å². The van der Waals surface area contributed by atoms with Crippen LogP contribution in [0.3, 0.4) is 0 Å². The van der Waals surface area contributed by atoms with Crippen LogP contribution in [0.2, 0.25) is 0 Å². The number of aromatic nitrogens is 3. The van der Waals surface area contributed by atoms with Crippen LogP contribution in [-0.2, 0) is 13.6 Å². The van der Waals surface area contributed by atoms with Gasteiger partial charge in [0.05, 0.1) is 35.3 Å². The van der Waals surface area contributed by atoms with Gasteiger partial charge < -0.3 is 20.1 Å². The van der Waals surface area contributed by atoms with Gasteiger partial charge in [0.25, 0.3) is 0 Å². The summed E-state index contributed by atoms with van der Waals surface area (Å²) < 4.78 is 2.06. The molecular weight excluding hydrogens is 328 g/mol. The Kier molecular flexibility index (Phi) is 4.11. The van der Waals surface area contributed by atoms with E-state index in [1.54, 1.807) is 6.92 Å². The Bertz CT molecular complexity index is 1100. The lowest BCUT2D eigenvalue weighted by Crippen LogP contribution is -2.48. The quantitative estimate of drug-likeness (QED) is 0.513. The number of rotatable bonds is 5. The van der Waals surface area contributed by atoms with Gasteiger partial charge in [0.2, 0.25) is 0 Å². The van der Waals surface area contributed by atoms with Crippen molar-refractivity contribution < 1.29 is 10.2 Å². The van der Waals surface area contributed by atoms with Crippen LogP contribution in [0.25, 0.3) is 33.1 Å². The topological polar surface area (TPSA) is 83.2 Å². The predicted octanol–water partition coefficient (Wildman–Crippen LogP) is 2.11. The van der Waals surface area contributed by atoms with Crippen LogP contribution in [0.1, 0.15) is 12.5 Å². The molecule has 6 heteroatoms. The molecule has 0 unspecified atom stereocenters. The molecule has 0 fully saturated rings. The smallest absolute Gasteiger partial charge is 0.160 e. The molecule has 2 aromatic carbocycles. The van der Waals surface area contributed by atoms with Crippen LogP contribution in [0, 0.1) is 0 Å². The predicted molar refractivity (Wildman–Crippen MR) is 103 cm³/mol. The van der Waals surface area contributed by atoms with Gasteiger partial charge in [0.15, 0.2) is 5.65 Å². The minimum absolute atomic E-state index is 0.128. The molecule has 2 aromatic heterocycles. The van der Waals surface area contributed by atoms with E-state index in [0.29, 0.717) is 6.54 Å². The number of nitrogens with zero attached hydrogens (tertiary/aromatic N) is 3. The number of fused-ring (bicyclic) bond motifs is 4. The maximum Gasteiger partial charge on any atom is 0.160 e. The fourth-order valence-corrected chi connectivity index (χ4v) is 3.17. The average molecular weight is 350 g/mol. The molecule has 2 heterocycles. The summed E-state index contributed by atoms with van der Waals surface area (Å²) in [6.07, 6.45) is 0. The number of aliphatic hydroxyl groups excluding tert-OH is 2. The molecule has 0 aliphatic rings. The standard InChI is InChI=1S/C20H22N4O2/c1-20(11-25,12-26)21-10-13-7-8-17-14(9-13)18-19(24(17)2)23-16-6-4-3-5-15(16)22-18/h3-9,21,25-26H,10-12H2,1-2H3. The fraction of sp³-hybridized carbons (Fsp3) is 0.300. The largest absolute Gasteiger partial charge is 0.394 e. The Balaban J connectivity index is 1.82. The first-order valence-electron chi connectivity index (χ1n) is 8.65. The first kappa shape index (κ1) is 16.9. The van der Waals surface area contributed by atoms with Gasteiger partial charge in [-0.1, -0.05) is 18.2 Å². The molecule has 26 heavy (non-hydrogen) atoms. The zero-order valence-electron chi connectivity index (χ0n) is 14.9. The number of aliphatic hydroxyl groups is 2. The molecule has 0 spiro atoms. The zero-order chi connectivity index (χ0) is 18.3. The summed E-state index contributed by atoms with van der Waals surface area (Å²) in [5, 5.41) is 23.1. The second-order valence-electron chi connectivity index (χ2n) is 7.03. The first-order chi connectivity index (χ1) is 12.5. The maximum atomic E-state index is 9.44. The van der Waals surface area contributed by atoms with Crippen molar-refractivity contribution in [2.45, 2.75) is 19.0 Å². The lowest BCUT2D eigenvalue weighted by Gasteiger charge is -2.26. The van der Waals surface area contributed by atoms with E-state index in [1.807, 2.05) is 37.4 Å². The molecular formula is C20H22N4O2. The highest BCUT2D eigenvalue weighted by Gasteiger charge is 2.21. The average Bonchev–Trinajstić information content (AvgIpc) is 2.96. The molecule has 134 valence electrons. The van der Waals surface area contributed by atoms with Crippen LogP contribution in [0.15, 0.2) is 42.5 Å². The van der Waals surface area contributed by atoms with Gasteiger partial charge in [0, 0.05) is 19.0 Å². The Morgan fingerprint density at radius 2 is 1.73 bits per heavy atom. The van der Waals surface area contributed by atoms with Gasteiger partial charge in [-0.25, -0.2) is 9.97 Å². The van der Waals surface area contributed by atoms with Crippen LogP contribution in [0.4, 0.5) is 0 Å². The van der Waals surface area contributed by atoms with Crippen molar-refractivity contribution >= 4 is 33.1 Å². The molecule has 0 bridgehead atoms. The molecule has 0 radical (unpaired) electrons. The summed E-state index contributed by atoms with van der Waals surface area (Å²) in [6.45, 7) is 2.08. The number of para-hydroxylation sites is 2. The molecule has 6 nitrogen and oxygen atoms in total. The normalized spacial score (nSPS) is 12.5. The summed E-state index contributed by atoms with van der Waals surface area (Å²) in [5.41, 5.74) is 4.94. The fourth-order valence-electron chi connectivity index (χ4n) is 3.17. The van der Waals surface area contributed by atoms with Crippen molar-refractivity contribution in [3.05, 3.63) is 48.0 Å². The summed E-state index contributed by atoms with van der Waals surface area (Å²) in [7, 11) is 2.00. The zero-order valence-corrected chi connectivity index (χ0v) is 14.9. The Hall–Kier alpha value is -2.54. The van der Waals surface area contributed by atoms with Gasteiger partial charge >= 0.3 is 0 Å². The molecule has 0 saturated heterocycles. The van der Waals surface area contributed by atoms with Crippen molar-refractivity contribution in [2.24, 2.45) is 7.05 Å². The monoisotopic (exact) mass is 350 g/mol. The van der Waals surface area contributed by atoms with Gasteiger partial charge in [-0.2, -0.15) is 0 Å². The molecule has 3 N–H and O–H groups in total. The number of aryl methyl sites for hydroxylation is 1. The summed E-state index contributed by atoms with van der Waals surface area (Å²) >= 11 is 0. The number of nitrogens with one attached hydrogen (secondary N) is 1. The second kappa shape index (κ2) is 6.32. The van der Waals surface area contributed by atoms with Crippen LogP contribution in [0.5, 0.6) is 0 Å². The van der Waals surface area contributed by atoms with E-state index in [4.69, 9.17) is 9.97 Å². The molecule has 0 aliphatic heterocycles. The summed E-state index contributed by atoms with van der Waals surface area (Å²) in [5.74, 6) is 0. The molecule has 0 atom stereocenters. The van der Waals surface area contributed by atoms with Gasteiger partial charge in [-0.05, 0) is 36.8 Å². The highest BCUT2D eigenvalue weighted by Crippen LogP contribution is 2.28. The van der Waals surface area contributed by atoms with E-state index in [2.05, 4.69) is 22.0 Å². The van der Waals surface area contributed by atoms with E-state index < -0.39 is 5.54 Å². The van der Waals surface area contributed by atoms with E-state index in [-0.39, 0.29) is 13.2 Å². The molecule has 0 saturated carbocycles. The minimum Gasteiger partial charge on any atom is -0.394 e. The van der Waals surface area contributed by atoms with E-state index >= 15 is 0 Å². The Morgan fingerprint density at radius 3 is 2.42 bits per heavy atom. The Morgan fingerprint density at radius 1 is 1.04 bits per heavy atom. The third-order valence-corrected chi connectivity index (χ3v) is 4.96. The second-order valence-corrected chi connectivity index (χ2v) is 7.03. The van der Waals surface area contributed by atoms with Crippen LogP contribution >= 0.6 is 0 Å². The molecule has 0 amide bonds. The third-order valence-electron chi connectivity index (χ3n) is 4.96. The van der Waals surface area contributed by atoms with Crippen molar-refractivity contribution in [2.75, 3.05) is 13.2 Å². The van der Waals surface area contributed by atoms with Gasteiger partial charge in [0.1, 0.15) is 5.52 Å². The van der Waals surface area contributed by atoms with Crippen molar-refractivity contribution in [3.63, 3.8) is 0 Å². The van der Waals surface area contributed by atoms with Crippen molar-refractivity contribution in [1.82, 2.24) is 19.9 Å². The first-order valence-corrected chi connectivity index (χ1v) is 8.65. The van der Waals surface area contributed by atoms with E-state index in [9.17, 15) is 10.2 Å². The van der Waals surface area contributed by atoms with E-state index in [1.165, 1.54) is 0 Å². The highest BCUT2D eigenvalue weighted by atomic mass is 16.3. The van der Waals surface area contributed by atoms with Gasteiger partial charge in [-0.3, -0.25) is 0 Å². The van der Waals surface area contributed by atoms with Crippen molar-refractivity contribution in [1.29, 1.82) is 0 Å². The van der Waals surface area contributed by atoms with Gasteiger partial charge in [-0.15, -0.1) is 0 Å². The SMILES string of the molecule is Cn1c2ccc(CNC(C)(CO)CO)cc2c2nc3ccccc3nc21. The minimum atomic E-state index is -0.705. The van der Waals surface area contributed by atoms with Crippen molar-refractivity contribution in [3.8, 4) is 0 Å². The highest BCUT2D eigenvalue weighted by molar-refractivity contribution is 6.06. The van der Waals surface area contributed by atoms with Crippen LogP contribution < -0.4 is 5.32 Å². The Labute approximate surface area is 151 Å². The summed E-state index contributed by atoms with van der Waals surface area (Å²) in [4.78, 5) is 9.60. The molecule has 4 aromatic rings. The molecule has 0 aliphatic carbocycles. The maximum absolute atomic E-state index is 9.44. The lowest BCUT2D eigenvalue weighted by molar-refractivity contribution is 0.103. The van der Waals surface area contributed by atoms with E-state index in [0.717, 1.165) is 38.7 Å².